The summed E-state index contributed by atoms with van der Waals surface area (Å²) in [4.78, 5) is 25.7. The van der Waals surface area contributed by atoms with Crippen molar-refractivity contribution in [2.75, 3.05) is 6.54 Å². The standard InChI is InChI=1S/C18H23NO5/c1-3-4-5-6-9-19-16(13-8-7-12(21)10-14(13)22)15(11(2)20)17(23)18(19)24/h7-8,10,16,21-23H,3-6,9H2,1-2H3. The van der Waals surface area contributed by atoms with Gasteiger partial charge in [0.2, 0.25) is 0 Å². The van der Waals surface area contributed by atoms with E-state index >= 15 is 0 Å². The van der Waals surface area contributed by atoms with Crippen LogP contribution in [0, 0.1) is 0 Å². The Hall–Kier alpha value is -2.50. The van der Waals surface area contributed by atoms with Gasteiger partial charge in [-0.15, -0.1) is 0 Å². The Bertz CT molecular complexity index is 680. The first-order valence-corrected chi connectivity index (χ1v) is 8.15. The van der Waals surface area contributed by atoms with E-state index in [9.17, 15) is 24.9 Å². The van der Waals surface area contributed by atoms with Crippen molar-refractivity contribution >= 4 is 11.7 Å². The number of aromatic hydroxyl groups is 2. The van der Waals surface area contributed by atoms with Gasteiger partial charge in [-0.25, -0.2) is 0 Å². The summed E-state index contributed by atoms with van der Waals surface area (Å²) in [6.07, 6.45) is 3.77. The third-order valence-corrected chi connectivity index (χ3v) is 4.24. The maximum atomic E-state index is 12.4. The fraction of sp³-hybridized carbons (Fsp3) is 0.444. The summed E-state index contributed by atoms with van der Waals surface area (Å²) in [7, 11) is 0. The number of aliphatic hydroxyl groups is 1. The Morgan fingerprint density at radius 1 is 1.17 bits per heavy atom. The zero-order valence-corrected chi connectivity index (χ0v) is 14.0. The van der Waals surface area contributed by atoms with Crippen LogP contribution in [0.2, 0.25) is 0 Å². The molecule has 0 saturated carbocycles. The second-order valence-corrected chi connectivity index (χ2v) is 6.02. The van der Waals surface area contributed by atoms with Gasteiger partial charge in [0.05, 0.1) is 11.6 Å². The van der Waals surface area contributed by atoms with E-state index in [1.54, 1.807) is 0 Å². The monoisotopic (exact) mass is 333 g/mol. The quantitative estimate of drug-likeness (QED) is 0.666. The lowest BCUT2D eigenvalue weighted by Gasteiger charge is -2.27. The molecule has 0 spiro atoms. The zero-order valence-electron chi connectivity index (χ0n) is 14.0. The first-order valence-electron chi connectivity index (χ1n) is 8.15. The third kappa shape index (κ3) is 3.37. The van der Waals surface area contributed by atoms with Crippen molar-refractivity contribution in [1.82, 2.24) is 4.90 Å². The van der Waals surface area contributed by atoms with Crippen molar-refractivity contribution in [2.24, 2.45) is 0 Å². The van der Waals surface area contributed by atoms with E-state index in [0.717, 1.165) is 31.7 Å². The van der Waals surface area contributed by atoms with E-state index in [1.807, 2.05) is 0 Å². The molecule has 1 unspecified atom stereocenters. The smallest absolute Gasteiger partial charge is 0.290 e. The van der Waals surface area contributed by atoms with Crippen molar-refractivity contribution in [3.63, 3.8) is 0 Å². The average molecular weight is 333 g/mol. The number of nitrogens with zero attached hydrogens (tertiary/aromatic N) is 1. The molecule has 0 aromatic heterocycles. The molecule has 1 amide bonds. The number of benzene rings is 1. The van der Waals surface area contributed by atoms with Crippen LogP contribution in [-0.2, 0) is 9.59 Å². The molecule has 0 bridgehead atoms. The van der Waals surface area contributed by atoms with Gasteiger partial charge < -0.3 is 20.2 Å². The van der Waals surface area contributed by atoms with Crippen LogP contribution in [0.15, 0.2) is 29.5 Å². The summed E-state index contributed by atoms with van der Waals surface area (Å²) in [5.74, 6) is -1.92. The molecule has 1 heterocycles. The predicted octanol–water partition coefficient (Wildman–Crippen LogP) is 2.96. The first-order chi connectivity index (χ1) is 11.4. The van der Waals surface area contributed by atoms with Gasteiger partial charge in [-0.05, 0) is 25.5 Å². The molecule has 0 fully saturated rings. The lowest BCUT2D eigenvalue weighted by Crippen LogP contribution is -2.32. The van der Waals surface area contributed by atoms with Crippen LogP contribution in [0.3, 0.4) is 0 Å². The van der Waals surface area contributed by atoms with Crippen LogP contribution in [0.1, 0.15) is 51.1 Å². The number of carbonyl (C=O) groups is 2. The Balaban J connectivity index is 2.39. The van der Waals surface area contributed by atoms with E-state index in [2.05, 4.69) is 6.92 Å². The normalized spacial score (nSPS) is 17.7. The van der Waals surface area contributed by atoms with Crippen LogP contribution in [-0.4, -0.2) is 38.5 Å². The Morgan fingerprint density at radius 2 is 1.88 bits per heavy atom. The van der Waals surface area contributed by atoms with Crippen molar-refractivity contribution < 1.29 is 24.9 Å². The zero-order chi connectivity index (χ0) is 17.9. The number of amides is 1. The molecule has 2 rings (SSSR count). The molecule has 1 aromatic carbocycles. The van der Waals surface area contributed by atoms with E-state index in [-0.39, 0.29) is 17.1 Å². The maximum Gasteiger partial charge on any atom is 0.290 e. The number of carbonyl (C=O) groups excluding carboxylic acids is 2. The molecule has 1 aliphatic rings. The summed E-state index contributed by atoms with van der Waals surface area (Å²) < 4.78 is 0. The molecule has 3 N–H and O–H groups in total. The molecule has 1 atom stereocenters. The molecule has 0 radical (unpaired) electrons. The Morgan fingerprint density at radius 3 is 2.46 bits per heavy atom. The van der Waals surface area contributed by atoms with Gasteiger partial charge in [-0.1, -0.05) is 26.2 Å². The fourth-order valence-electron chi connectivity index (χ4n) is 3.04. The number of phenols is 2. The van der Waals surface area contributed by atoms with Crippen LogP contribution >= 0.6 is 0 Å². The molecule has 6 nitrogen and oxygen atoms in total. The van der Waals surface area contributed by atoms with Gasteiger partial charge in [-0.2, -0.15) is 0 Å². The average Bonchev–Trinajstić information content (AvgIpc) is 2.76. The highest BCUT2D eigenvalue weighted by atomic mass is 16.3. The van der Waals surface area contributed by atoms with E-state index in [0.29, 0.717) is 12.1 Å². The van der Waals surface area contributed by atoms with Gasteiger partial charge in [0.1, 0.15) is 11.5 Å². The summed E-state index contributed by atoms with van der Waals surface area (Å²) in [6.45, 7) is 3.74. The van der Waals surface area contributed by atoms with Crippen molar-refractivity contribution in [3.05, 3.63) is 35.1 Å². The SMILES string of the molecule is CCCCCCN1C(=O)C(O)=C(C(C)=O)C1c1ccc(O)cc1O. The van der Waals surface area contributed by atoms with Gasteiger partial charge in [0, 0.05) is 18.2 Å². The van der Waals surface area contributed by atoms with Crippen molar-refractivity contribution in [2.45, 2.75) is 45.6 Å². The molecule has 1 aliphatic heterocycles. The fourth-order valence-corrected chi connectivity index (χ4v) is 3.04. The number of hydrogen-bond acceptors (Lipinski definition) is 5. The number of ketones is 1. The van der Waals surface area contributed by atoms with Crippen LogP contribution < -0.4 is 0 Å². The maximum absolute atomic E-state index is 12.4. The number of Topliss-reactive ketones (excluding diaryl/α,β-unsaturated/α-hetero) is 1. The lowest BCUT2D eigenvalue weighted by atomic mass is 9.95. The molecule has 1 aromatic rings. The molecule has 0 saturated heterocycles. The Labute approximate surface area is 141 Å². The van der Waals surface area contributed by atoms with Gasteiger partial charge >= 0.3 is 0 Å². The summed E-state index contributed by atoms with van der Waals surface area (Å²) in [6, 6.07) is 3.16. The minimum Gasteiger partial charge on any atom is -0.508 e. The molecular formula is C18H23NO5. The summed E-state index contributed by atoms with van der Waals surface area (Å²) in [5, 5.41) is 29.7. The van der Waals surface area contributed by atoms with Crippen LogP contribution in [0.25, 0.3) is 0 Å². The predicted molar refractivity (Wildman–Crippen MR) is 88.7 cm³/mol. The molecule has 6 heteroatoms. The molecule has 130 valence electrons. The highest BCUT2D eigenvalue weighted by Gasteiger charge is 2.43. The van der Waals surface area contributed by atoms with Crippen molar-refractivity contribution in [3.8, 4) is 11.5 Å². The number of aliphatic hydroxyl groups excluding tert-OH is 1. The van der Waals surface area contributed by atoms with Crippen LogP contribution in [0.5, 0.6) is 11.5 Å². The Kier molecular flexibility index (Phi) is 5.49. The topological polar surface area (TPSA) is 98.1 Å². The highest BCUT2D eigenvalue weighted by molar-refractivity contribution is 6.08. The number of phenolic OH excluding ortho intramolecular Hbond substituents is 2. The minimum absolute atomic E-state index is 0.0171. The number of unbranched alkanes of at least 4 members (excludes halogenated alkanes) is 3. The lowest BCUT2D eigenvalue weighted by molar-refractivity contribution is -0.129. The van der Waals surface area contributed by atoms with E-state index in [1.165, 1.54) is 24.0 Å². The largest absolute Gasteiger partial charge is 0.508 e. The summed E-state index contributed by atoms with van der Waals surface area (Å²) in [5.41, 5.74) is 0.294. The first kappa shape index (κ1) is 17.8. The van der Waals surface area contributed by atoms with Gasteiger partial charge in [0.25, 0.3) is 5.91 Å². The third-order valence-electron chi connectivity index (χ3n) is 4.24. The minimum atomic E-state index is -0.836. The molecular weight excluding hydrogens is 310 g/mol. The second kappa shape index (κ2) is 7.38. The van der Waals surface area contributed by atoms with Crippen LogP contribution in [0.4, 0.5) is 0 Å². The second-order valence-electron chi connectivity index (χ2n) is 6.02. The molecule has 0 aliphatic carbocycles. The van der Waals surface area contributed by atoms with Gasteiger partial charge in [0.15, 0.2) is 11.5 Å². The van der Waals surface area contributed by atoms with Gasteiger partial charge in [-0.3, -0.25) is 9.59 Å². The number of rotatable bonds is 7. The van der Waals surface area contributed by atoms with Crippen molar-refractivity contribution in [1.29, 1.82) is 0 Å². The number of hydrogen-bond donors (Lipinski definition) is 3. The van der Waals surface area contributed by atoms with E-state index in [4.69, 9.17) is 0 Å². The van der Waals surface area contributed by atoms with E-state index < -0.39 is 23.5 Å². The molecule has 24 heavy (non-hydrogen) atoms. The highest BCUT2D eigenvalue weighted by Crippen LogP contribution is 2.42. The summed E-state index contributed by atoms with van der Waals surface area (Å²) >= 11 is 0.